The molecule has 2 atom stereocenters. The van der Waals surface area contributed by atoms with Crippen molar-refractivity contribution in [2.75, 3.05) is 6.61 Å². The molecule has 1 heterocycles. The summed E-state index contributed by atoms with van der Waals surface area (Å²) in [5.74, 6) is 0. The summed E-state index contributed by atoms with van der Waals surface area (Å²) in [4.78, 5) is 4.08. The summed E-state index contributed by atoms with van der Waals surface area (Å²) in [6.07, 6.45) is 4.34. The molecule has 4 nitrogen and oxygen atoms in total. The number of aromatic nitrogens is 1. The standard InChI is InChI=1S/C18H34N2O2SSi/c1-17(2,3)23(21)20-16(15-9-12-19-13-10-15)11-14-22-24(7,8)18(4,5)6/h9-10,12-13,16,20H,11,14H2,1-8H3/t16-,23+/m1/s1. The highest BCUT2D eigenvalue weighted by atomic mass is 32.2. The third-order valence-corrected chi connectivity index (χ3v) is 10.7. The molecule has 0 spiro atoms. The van der Waals surface area contributed by atoms with Gasteiger partial charge in [0.15, 0.2) is 8.32 Å². The molecule has 1 aromatic rings. The van der Waals surface area contributed by atoms with Crippen LogP contribution in [0.15, 0.2) is 24.5 Å². The SMILES string of the molecule is CC(C)(C)[S@](=O)N[C@H](CCO[Si](C)(C)C(C)(C)C)c1ccncc1. The van der Waals surface area contributed by atoms with Gasteiger partial charge >= 0.3 is 0 Å². The quantitative estimate of drug-likeness (QED) is 0.714. The van der Waals surface area contributed by atoms with Crippen LogP contribution in [0.2, 0.25) is 18.1 Å². The van der Waals surface area contributed by atoms with Crippen molar-refractivity contribution in [1.29, 1.82) is 0 Å². The average molecular weight is 371 g/mol. The summed E-state index contributed by atoms with van der Waals surface area (Å²) >= 11 is 0. The molecule has 0 bridgehead atoms. The lowest BCUT2D eigenvalue weighted by molar-refractivity contribution is 0.269. The Kier molecular flexibility index (Phi) is 7.35. The first-order chi connectivity index (χ1) is 10.8. The van der Waals surface area contributed by atoms with E-state index >= 15 is 0 Å². The van der Waals surface area contributed by atoms with E-state index in [0.29, 0.717) is 6.61 Å². The first kappa shape index (κ1) is 21.5. The number of hydrogen-bond acceptors (Lipinski definition) is 3. The average Bonchev–Trinajstić information content (AvgIpc) is 2.44. The maximum Gasteiger partial charge on any atom is 0.191 e. The van der Waals surface area contributed by atoms with Crippen molar-refractivity contribution in [2.45, 2.75) is 76.9 Å². The van der Waals surface area contributed by atoms with E-state index in [4.69, 9.17) is 4.43 Å². The maximum atomic E-state index is 12.5. The summed E-state index contributed by atoms with van der Waals surface area (Å²) in [5, 5.41) is 0.195. The van der Waals surface area contributed by atoms with Crippen LogP contribution in [-0.2, 0) is 15.4 Å². The monoisotopic (exact) mass is 370 g/mol. The minimum atomic E-state index is -1.77. The zero-order chi connectivity index (χ0) is 18.6. The lowest BCUT2D eigenvalue weighted by atomic mass is 10.1. The Bertz CT molecular complexity index is 536. The van der Waals surface area contributed by atoms with Gasteiger partial charge in [0.05, 0.1) is 15.7 Å². The Hall–Kier alpha value is -0.563. The van der Waals surface area contributed by atoms with E-state index in [0.717, 1.165) is 12.0 Å². The number of hydrogen-bond donors (Lipinski definition) is 1. The van der Waals surface area contributed by atoms with E-state index in [1.807, 2.05) is 32.9 Å². The van der Waals surface area contributed by atoms with Crippen LogP contribution in [0.1, 0.15) is 59.6 Å². The minimum Gasteiger partial charge on any atom is -0.417 e. The molecule has 6 heteroatoms. The molecule has 0 aliphatic rings. The van der Waals surface area contributed by atoms with Gasteiger partial charge in [0.25, 0.3) is 0 Å². The van der Waals surface area contributed by atoms with Crippen LogP contribution >= 0.6 is 0 Å². The highest BCUT2D eigenvalue weighted by Crippen LogP contribution is 2.36. The number of nitrogens with zero attached hydrogens (tertiary/aromatic N) is 1. The summed E-state index contributed by atoms with van der Waals surface area (Å²) in [7, 11) is -2.89. The highest BCUT2D eigenvalue weighted by molar-refractivity contribution is 7.84. The van der Waals surface area contributed by atoms with Gasteiger partial charge in [-0.3, -0.25) is 4.98 Å². The maximum absolute atomic E-state index is 12.5. The van der Waals surface area contributed by atoms with Gasteiger partial charge in [0.1, 0.15) is 0 Å². The fourth-order valence-electron chi connectivity index (χ4n) is 1.84. The van der Waals surface area contributed by atoms with Crippen molar-refractivity contribution in [2.24, 2.45) is 0 Å². The molecule has 0 aromatic carbocycles. The zero-order valence-electron chi connectivity index (χ0n) is 16.5. The van der Waals surface area contributed by atoms with Gasteiger partial charge in [0, 0.05) is 25.0 Å². The van der Waals surface area contributed by atoms with Gasteiger partial charge in [-0.15, -0.1) is 0 Å². The van der Waals surface area contributed by atoms with Crippen LogP contribution in [-0.4, -0.2) is 28.9 Å². The van der Waals surface area contributed by atoms with Crippen molar-refractivity contribution in [3.05, 3.63) is 30.1 Å². The van der Waals surface area contributed by atoms with Crippen LogP contribution in [0.4, 0.5) is 0 Å². The molecule has 0 saturated heterocycles. The Morgan fingerprint density at radius 3 is 2.17 bits per heavy atom. The molecular formula is C18H34N2O2SSi. The molecular weight excluding hydrogens is 336 g/mol. The molecule has 0 fully saturated rings. The molecule has 0 saturated carbocycles. The third-order valence-electron chi connectivity index (χ3n) is 4.59. The van der Waals surface area contributed by atoms with Crippen LogP contribution in [0.5, 0.6) is 0 Å². The predicted molar refractivity (Wildman–Crippen MR) is 106 cm³/mol. The Balaban J connectivity index is 2.79. The Labute approximate surface area is 151 Å². The first-order valence-corrected chi connectivity index (χ1v) is 12.6. The van der Waals surface area contributed by atoms with Gasteiger partial charge in [-0.05, 0) is 63.0 Å². The zero-order valence-corrected chi connectivity index (χ0v) is 18.3. The lowest BCUT2D eigenvalue weighted by Gasteiger charge is -2.36. The van der Waals surface area contributed by atoms with Crippen molar-refractivity contribution in [3.8, 4) is 0 Å². The second-order valence-corrected chi connectivity index (χ2v) is 15.5. The number of pyridine rings is 1. The van der Waals surface area contributed by atoms with Crippen LogP contribution in [0, 0.1) is 0 Å². The van der Waals surface area contributed by atoms with Crippen LogP contribution < -0.4 is 4.72 Å². The van der Waals surface area contributed by atoms with Gasteiger partial charge in [-0.2, -0.15) is 0 Å². The van der Waals surface area contributed by atoms with E-state index in [1.54, 1.807) is 12.4 Å². The van der Waals surface area contributed by atoms with Crippen molar-refractivity contribution in [1.82, 2.24) is 9.71 Å². The largest absolute Gasteiger partial charge is 0.417 e. The topological polar surface area (TPSA) is 51.2 Å². The van der Waals surface area contributed by atoms with E-state index in [-0.39, 0.29) is 15.8 Å². The van der Waals surface area contributed by atoms with Crippen molar-refractivity contribution in [3.63, 3.8) is 0 Å². The van der Waals surface area contributed by atoms with Crippen molar-refractivity contribution >= 4 is 19.3 Å². The number of rotatable bonds is 7. The van der Waals surface area contributed by atoms with Crippen molar-refractivity contribution < 1.29 is 8.63 Å². The molecule has 1 aromatic heterocycles. The highest BCUT2D eigenvalue weighted by Gasteiger charge is 2.37. The second kappa shape index (κ2) is 8.21. The molecule has 0 aliphatic heterocycles. The van der Waals surface area contributed by atoms with Gasteiger partial charge in [0.2, 0.25) is 0 Å². The molecule has 0 aliphatic carbocycles. The number of nitrogens with one attached hydrogen (secondary N) is 1. The fraction of sp³-hybridized carbons (Fsp3) is 0.722. The van der Waals surface area contributed by atoms with E-state index in [2.05, 4.69) is 43.6 Å². The van der Waals surface area contributed by atoms with E-state index in [1.165, 1.54) is 0 Å². The summed E-state index contributed by atoms with van der Waals surface area (Å²) in [5.41, 5.74) is 1.10. The van der Waals surface area contributed by atoms with Gasteiger partial charge in [-0.25, -0.2) is 8.93 Å². The van der Waals surface area contributed by atoms with E-state index in [9.17, 15) is 4.21 Å². The normalized spacial score (nSPS) is 16.0. The predicted octanol–water partition coefficient (Wildman–Crippen LogP) is 4.59. The van der Waals surface area contributed by atoms with Crippen LogP contribution in [0.3, 0.4) is 0 Å². The third kappa shape index (κ3) is 6.39. The fourth-order valence-corrected chi connectivity index (χ4v) is 3.77. The van der Waals surface area contributed by atoms with Crippen LogP contribution in [0.25, 0.3) is 0 Å². The lowest BCUT2D eigenvalue weighted by Crippen LogP contribution is -2.42. The summed E-state index contributed by atoms with van der Waals surface area (Å²) in [6, 6.07) is 3.95. The molecule has 0 amide bonds. The molecule has 1 rings (SSSR count). The molecule has 1 N–H and O–H groups in total. The summed E-state index contributed by atoms with van der Waals surface area (Å²) < 4.78 is 21.8. The molecule has 0 unspecified atom stereocenters. The molecule has 0 radical (unpaired) electrons. The first-order valence-electron chi connectivity index (χ1n) is 8.56. The smallest absolute Gasteiger partial charge is 0.191 e. The molecule has 24 heavy (non-hydrogen) atoms. The van der Waals surface area contributed by atoms with E-state index < -0.39 is 19.3 Å². The minimum absolute atomic E-state index is 0.00201. The summed E-state index contributed by atoms with van der Waals surface area (Å²) in [6.45, 7) is 17.8. The second-order valence-electron chi connectivity index (χ2n) is 8.73. The Morgan fingerprint density at radius 1 is 1.17 bits per heavy atom. The van der Waals surface area contributed by atoms with Gasteiger partial charge in [-0.1, -0.05) is 20.8 Å². The molecule has 138 valence electrons. The Morgan fingerprint density at radius 2 is 1.71 bits per heavy atom. The van der Waals surface area contributed by atoms with Gasteiger partial charge < -0.3 is 4.43 Å².